The summed E-state index contributed by atoms with van der Waals surface area (Å²) in [6, 6.07) is 11.9. The minimum atomic E-state index is -3.97. The van der Waals surface area contributed by atoms with Gasteiger partial charge in [0.15, 0.2) is 0 Å². The summed E-state index contributed by atoms with van der Waals surface area (Å²) >= 11 is 0. The molecule has 2 N–H and O–H groups in total. The van der Waals surface area contributed by atoms with Gasteiger partial charge in [0.05, 0.1) is 12.2 Å². The Labute approximate surface area is 179 Å². The highest BCUT2D eigenvalue weighted by Crippen LogP contribution is 2.37. The summed E-state index contributed by atoms with van der Waals surface area (Å²) in [5, 5.41) is 2.91. The number of aliphatic imine (C=N–C) groups is 1. The molecule has 2 aromatic carbocycles. The van der Waals surface area contributed by atoms with E-state index in [1.54, 1.807) is 25.3 Å². The average molecular weight is 442 g/mol. The molecule has 4 rings (SSSR count). The van der Waals surface area contributed by atoms with Crippen LogP contribution in [0.25, 0.3) is 0 Å². The van der Waals surface area contributed by atoms with Crippen molar-refractivity contribution in [2.75, 3.05) is 5.32 Å². The van der Waals surface area contributed by atoms with Crippen molar-refractivity contribution in [1.29, 1.82) is 0 Å². The first-order valence-corrected chi connectivity index (χ1v) is 11.1. The first-order chi connectivity index (χ1) is 14.7. The van der Waals surface area contributed by atoms with Crippen molar-refractivity contribution < 1.29 is 17.2 Å². The number of aryl methyl sites for hydroxylation is 1. The van der Waals surface area contributed by atoms with Crippen molar-refractivity contribution in [3.63, 3.8) is 0 Å². The van der Waals surface area contributed by atoms with Crippen LogP contribution in [0.15, 0.2) is 64.6 Å². The Balaban J connectivity index is 1.75. The second-order valence-electron chi connectivity index (χ2n) is 7.31. The van der Waals surface area contributed by atoms with Crippen LogP contribution in [-0.2, 0) is 16.6 Å². The molecular weight excluding hydrogens is 422 g/mol. The van der Waals surface area contributed by atoms with E-state index in [1.807, 2.05) is 19.1 Å². The summed E-state index contributed by atoms with van der Waals surface area (Å²) in [6.07, 6.45) is 1.65. The molecular formula is C22H20F2N4O2S. The van der Waals surface area contributed by atoms with Crippen LogP contribution in [0.2, 0.25) is 0 Å². The van der Waals surface area contributed by atoms with E-state index in [2.05, 4.69) is 20.0 Å². The third-order valence-electron chi connectivity index (χ3n) is 5.09. The van der Waals surface area contributed by atoms with Gasteiger partial charge < -0.3 is 5.32 Å². The topological polar surface area (TPSA) is 83.5 Å². The van der Waals surface area contributed by atoms with E-state index in [1.165, 1.54) is 18.2 Å². The molecule has 6 nitrogen and oxygen atoms in total. The first-order valence-electron chi connectivity index (χ1n) is 9.58. The van der Waals surface area contributed by atoms with Gasteiger partial charge in [-0.05, 0) is 48.4 Å². The van der Waals surface area contributed by atoms with Crippen LogP contribution in [0.4, 0.5) is 14.5 Å². The predicted molar refractivity (Wildman–Crippen MR) is 114 cm³/mol. The van der Waals surface area contributed by atoms with Crippen LogP contribution in [-0.4, -0.2) is 19.4 Å². The van der Waals surface area contributed by atoms with Gasteiger partial charge in [-0.2, -0.15) is 0 Å². The highest BCUT2D eigenvalue weighted by atomic mass is 32.2. The minimum Gasteiger partial charge on any atom is -0.324 e. The van der Waals surface area contributed by atoms with Gasteiger partial charge in [-0.3, -0.25) is 4.98 Å². The Morgan fingerprint density at radius 3 is 2.65 bits per heavy atom. The van der Waals surface area contributed by atoms with Crippen molar-refractivity contribution in [3.05, 3.63) is 88.7 Å². The zero-order valence-corrected chi connectivity index (χ0v) is 17.7. The van der Waals surface area contributed by atoms with Crippen molar-refractivity contribution in [2.24, 2.45) is 4.99 Å². The quantitative estimate of drug-likeness (QED) is 0.638. The molecule has 31 heavy (non-hydrogen) atoms. The maximum atomic E-state index is 14.9. The molecule has 9 heteroatoms. The fourth-order valence-corrected chi connectivity index (χ4v) is 4.61. The van der Waals surface area contributed by atoms with Crippen LogP contribution >= 0.6 is 0 Å². The fourth-order valence-electron chi connectivity index (χ4n) is 3.46. The van der Waals surface area contributed by atoms with Crippen LogP contribution in [0.3, 0.4) is 0 Å². The number of halogens is 2. The second kappa shape index (κ2) is 8.07. The van der Waals surface area contributed by atoms with Crippen molar-refractivity contribution >= 4 is 21.7 Å². The summed E-state index contributed by atoms with van der Waals surface area (Å²) < 4.78 is 56.2. The molecule has 0 amide bonds. The van der Waals surface area contributed by atoms with Crippen LogP contribution < -0.4 is 10.0 Å². The first kappa shape index (κ1) is 20.9. The summed E-state index contributed by atoms with van der Waals surface area (Å²) in [7, 11) is -3.97. The number of nitrogens with one attached hydrogen (secondary N) is 2. The number of fused-ring (bicyclic) bond motifs is 1. The average Bonchev–Trinajstić information content (AvgIpc) is 2.72. The number of nitrogens with zero attached hydrogens (tertiary/aromatic N) is 2. The Morgan fingerprint density at radius 1 is 1.13 bits per heavy atom. The number of hydrogen-bond acceptors (Lipinski definition) is 4. The summed E-state index contributed by atoms with van der Waals surface area (Å²) in [5.74, 6) is -1.47. The summed E-state index contributed by atoms with van der Waals surface area (Å²) in [5.41, 5.74) is 2.46. The normalized spacial score (nSPS) is 16.8. The molecule has 0 unspecified atom stereocenters. The minimum absolute atomic E-state index is 0.0417. The maximum absolute atomic E-state index is 14.9. The van der Waals surface area contributed by atoms with E-state index < -0.39 is 27.6 Å². The molecule has 1 atom stereocenters. The Hall–Kier alpha value is -3.33. The Morgan fingerprint density at radius 2 is 1.94 bits per heavy atom. The molecule has 160 valence electrons. The van der Waals surface area contributed by atoms with Gasteiger partial charge in [0, 0.05) is 23.4 Å². The molecule has 0 aliphatic carbocycles. The third-order valence-corrected chi connectivity index (χ3v) is 6.48. The van der Waals surface area contributed by atoms with E-state index in [9.17, 15) is 17.2 Å². The zero-order chi connectivity index (χ0) is 22.2. The predicted octanol–water partition coefficient (Wildman–Crippen LogP) is 4.08. The van der Waals surface area contributed by atoms with Gasteiger partial charge in [-0.25, -0.2) is 26.9 Å². The fraction of sp³-hybridized carbons (Fsp3) is 0.182. The highest BCUT2D eigenvalue weighted by molar-refractivity contribution is 7.90. The van der Waals surface area contributed by atoms with Crippen LogP contribution in [0, 0.1) is 18.6 Å². The zero-order valence-electron chi connectivity index (χ0n) is 16.9. The molecule has 0 radical (unpaired) electrons. The molecule has 0 fully saturated rings. The van der Waals surface area contributed by atoms with E-state index in [0.29, 0.717) is 5.56 Å². The molecule has 0 bridgehead atoms. The number of anilines is 1. The number of aromatic nitrogens is 1. The second-order valence-corrected chi connectivity index (χ2v) is 8.96. The smallest absolute Gasteiger partial charge is 0.266 e. The van der Waals surface area contributed by atoms with Gasteiger partial charge in [-0.15, -0.1) is 0 Å². The Bertz CT molecular complexity index is 1280. The molecule has 2 heterocycles. The van der Waals surface area contributed by atoms with Crippen LogP contribution in [0.1, 0.15) is 35.2 Å². The van der Waals surface area contributed by atoms with Gasteiger partial charge in [-0.1, -0.05) is 25.1 Å². The Kier molecular flexibility index (Phi) is 5.45. The van der Waals surface area contributed by atoms with E-state index in [-0.39, 0.29) is 28.7 Å². The van der Waals surface area contributed by atoms with E-state index in [4.69, 9.17) is 0 Å². The molecule has 0 saturated carbocycles. The molecule has 1 aliphatic rings. The van der Waals surface area contributed by atoms with E-state index in [0.717, 1.165) is 17.3 Å². The molecule has 0 saturated heterocycles. The lowest BCUT2D eigenvalue weighted by molar-refractivity contribution is 0.586. The lowest BCUT2D eigenvalue weighted by atomic mass is 9.92. The highest BCUT2D eigenvalue weighted by Gasteiger charge is 2.32. The van der Waals surface area contributed by atoms with Crippen molar-refractivity contribution in [1.82, 2.24) is 9.71 Å². The number of sulfonamides is 1. The number of guanidine groups is 1. The van der Waals surface area contributed by atoms with Gasteiger partial charge in [0.2, 0.25) is 5.96 Å². The monoisotopic (exact) mass is 442 g/mol. The van der Waals surface area contributed by atoms with Crippen molar-refractivity contribution in [3.8, 4) is 0 Å². The number of hydrogen-bond donors (Lipinski definition) is 2. The number of rotatable bonds is 4. The summed E-state index contributed by atoms with van der Waals surface area (Å²) in [4.78, 5) is 8.40. The molecule has 1 aliphatic heterocycles. The van der Waals surface area contributed by atoms with Gasteiger partial charge in [0.1, 0.15) is 16.5 Å². The van der Waals surface area contributed by atoms with Crippen molar-refractivity contribution in [2.45, 2.75) is 31.2 Å². The maximum Gasteiger partial charge on any atom is 0.266 e. The SMILES string of the molecule is Cc1ccc([C@@H](C)c2c(F)ccc3c2NC(=NCc2cccc(F)c2)NS3(=O)=O)cn1. The number of benzene rings is 2. The van der Waals surface area contributed by atoms with Gasteiger partial charge in [0.25, 0.3) is 10.0 Å². The number of pyridine rings is 1. The standard InChI is InChI=1S/C22H20F2N4O2S/c1-13-6-7-16(12-25-13)14(2)20-18(24)8-9-19-21(20)27-22(28-31(19,29)30)26-11-15-4-3-5-17(23)10-15/h3-10,12,14H,11H2,1-2H3,(H2,26,27,28)/t14-/m1/s1. The molecule has 1 aromatic heterocycles. The summed E-state index contributed by atoms with van der Waals surface area (Å²) in [6.45, 7) is 3.67. The molecule has 0 spiro atoms. The molecule has 3 aromatic rings. The van der Waals surface area contributed by atoms with Crippen LogP contribution in [0.5, 0.6) is 0 Å². The van der Waals surface area contributed by atoms with Gasteiger partial charge >= 0.3 is 0 Å². The largest absolute Gasteiger partial charge is 0.324 e. The third kappa shape index (κ3) is 4.27. The lowest BCUT2D eigenvalue weighted by Crippen LogP contribution is -2.41. The van der Waals surface area contributed by atoms with E-state index >= 15 is 0 Å². The lowest BCUT2D eigenvalue weighted by Gasteiger charge is -2.26.